The molecule has 0 aliphatic heterocycles. The summed E-state index contributed by atoms with van der Waals surface area (Å²) in [5.74, 6) is -0.486. The van der Waals surface area contributed by atoms with Crippen molar-refractivity contribution in [1.29, 1.82) is 0 Å². The Morgan fingerprint density at radius 1 is 1.44 bits per heavy atom. The molecule has 0 fully saturated rings. The van der Waals surface area contributed by atoms with Gasteiger partial charge in [-0.05, 0) is 23.9 Å². The average Bonchev–Trinajstić information content (AvgIpc) is 2.69. The molecule has 0 spiro atoms. The molecule has 0 atom stereocenters. The molecule has 1 rings (SSSR count). The summed E-state index contributed by atoms with van der Waals surface area (Å²) >= 11 is 1.61. The van der Waals surface area contributed by atoms with Gasteiger partial charge in [-0.1, -0.05) is 0 Å². The van der Waals surface area contributed by atoms with Crippen LogP contribution in [0.25, 0.3) is 0 Å². The summed E-state index contributed by atoms with van der Waals surface area (Å²) in [6.07, 6.45) is 0.308. The van der Waals surface area contributed by atoms with E-state index >= 15 is 0 Å². The molecule has 4 nitrogen and oxygen atoms in total. The first-order valence-electron chi connectivity index (χ1n) is 5.00. The maximum Gasteiger partial charge on any atom is 0.306 e. The quantitative estimate of drug-likeness (QED) is 0.797. The van der Waals surface area contributed by atoms with Crippen molar-refractivity contribution in [3.63, 3.8) is 0 Å². The standard InChI is InChI=1S/C11H15NO3S/c1-8-5-6-16-9(8)7-12-10(13)3-4-11(14)15-2/h5-6H,3-4,7H2,1-2H3,(H,12,13). The maximum absolute atomic E-state index is 11.4. The number of hydrogen-bond donors (Lipinski definition) is 1. The second-order valence-electron chi connectivity index (χ2n) is 3.38. The molecule has 0 aliphatic rings. The highest BCUT2D eigenvalue weighted by Crippen LogP contribution is 2.14. The van der Waals surface area contributed by atoms with E-state index in [1.54, 1.807) is 11.3 Å². The lowest BCUT2D eigenvalue weighted by Gasteiger charge is -2.03. The minimum absolute atomic E-state index is 0.127. The van der Waals surface area contributed by atoms with Crippen molar-refractivity contribution < 1.29 is 14.3 Å². The van der Waals surface area contributed by atoms with E-state index in [1.807, 2.05) is 18.4 Å². The Labute approximate surface area is 98.6 Å². The van der Waals surface area contributed by atoms with Crippen molar-refractivity contribution in [2.24, 2.45) is 0 Å². The summed E-state index contributed by atoms with van der Waals surface area (Å²) in [5.41, 5.74) is 1.18. The number of rotatable bonds is 5. The van der Waals surface area contributed by atoms with E-state index in [4.69, 9.17) is 0 Å². The van der Waals surface area contributed by atoms with Crippen LogP contribution in [0.3, 0.4) is 0 Å². The van der Waals surface area contributed by atoms with E-state index in [1.165, 1.54) is 12.7 Å². The maximum atomic E-state index is 11.4. The van der Waals surface area contributed by atoms with Gasteiger partial charge in [-0.15, -0.1) is 11.3 Å². The van der Waals surface area contributed by atoms with Gasteiger partial charge in [-0.2, -0.15) is 0 Å². The Morgan fingerprint density at radius 2 is 2.19 bits per heavy atom. The van der Waals surface area contributed by atoms with Gasteiger partial charge in [0.05, 0.1) is 20.1 Å². The molecule has 0 unspecified atom stereocenters. The van der Waals surface area contributed by atoms with E-state index in [0.29, 0.717) is 6.54 Å². The number of methoxy groups -OCH3 is 1. The molecule has 0 saturated carbocycles. The van der Waals surface area contributed by atoms with Crippen LogP contribution in [0.5, 0.6) is 0 Å². The van der Waals surface area contributed by atoms with Crippen molar-refractivity contribution in [3.8, 4) is 0 Å². The molecular formula is C11H15NO3S. The Kier molecular flexibility index (Phi) is 4.98. The van der Waals surface area contributed by atoms with Crippen LogP contribution in [0, 0.1) is 6.92 Å². The molecular weight excluding hydrogens is 226 g/mol. The van der Waals surface area contributed by atoms with Crippen molar-refractivity contribution in [2.75, 3.05) is 7.11 Å². The number of amides is 1. The summed E-state index contributed by atoms with van der Waals surface area (Å²) in [5, 5.41) is 4.76. The van der Waals surface area contributed by atoms with Crippen molar-refractivity contribution in [3.05, 3.63) is 21.9 Å². The van der Waals surface area contributed by atoms with E-state index in [0.717, 1.165) is 4.88 Å². The van der Waals surface area contributed by atoms with Gasteiger partial charge in [0.25, 0.3) is 0 Å². The highest BCUT2D eigenvalue weighted by molar-refractivity contribution is 7.10. The monoisotopic (exact) mass is 241 g/mol. The van der Waals surface area contributed by atoms with Crippen LogP contribution in [0.2, 0.25) is 0 Å². The van der Waals surface area contributed by atoms with Gasteiger partial charge < -0.3 is 10.1 Å². The molecule has 1 aromatic heterocycles. The SMILES string of the molecule is COC(=O)CCC(=O)NCc1sccc1C. The minimum Gasteiger partial charge on any atom is -0.469 e. The molecule has 16 heavy (non-hydrogen) atoms. The summed E-state index contributed by atoms with van der Waals surface area (Å²) in [4.78, 5) is 23.3. The largest absolute Gasteiger partial charge is 0.469 e. The number of thiophene rings is 1. The average molecular weight is 241 g/mol. The number of carbonyl (C=O) groups is 2. The van der Waals surface area contributed by atoms with Gasteiger partial charge >= 0.3 is 5.97 Å². The van der Waals surface area contributed by atoms with Crippen LogP contribution >= 0.6 is 11.3 Å². The number of ether oxygens (including phenoxy) is 1. The van der Waals surface area contributed by atoms with Crippen LogP contribution in [0.15, 0.2) is 11.4 Å². The number of carbonyl (C=O) groups excluding carboxylic acids is 2. The molecule has 0 saturated heterocycles. The summed E-state index contributed by atoms with van der Waals surface area (Å²) in [6, 6.07) is 2.01. The summed E-state index contributed by atoms with van der Waals surface area (Å²) in [6.45, 7) is 2.54. The van der Waals surface area contributed by atoms with Gasteiger partial charge in [0, 0.05) is 11.3 Å². The molecule has 5 heteroatoms. The van der Waals surface area contributed by atoms with Crippen LogP contribution in [0.1, 0.15) is 23.3 Å². The Balaban J connectivity index is 2.25. The number of hydrogen-bond acceptors (Lipinski definition) is 4. The van der Waals surface area contributed by atoms with E-state index < -0.39 is 0 Å². The second kappa shape index (κ2) is 6.27. The van der Waals surface area contributed by atoms with Crippen LogP contribution in [-0.2, 0) is 20.9 Å². The molecule has 0 bridgehead atoms. The lowest BCUT2D eigenvalue weighted by atomic mass is 10.2. The fourth-order valence-electron chi connectivity index (χ4n) is 1.17. The lowest BCUT2D eigenvalue weighted by Crippen LogP contribution is -2.23. The molecule has 1 amide bonds. The molecule has 0 radical (unpaired) electrons. The Bertz CT molecular complexity index is 373. The van der Waals surface area contributed by atoms with E-state index in [9.17, 15) is 9.59 Å². The first-order chi connectivity index (χ1) is 7.63. The van der Waals surface area contributed by atoms with Gasteiger partial charge in [0.1, 0.15) is 0 Å². The predicted molar refractivity (Wildman–Crippen MR) is 62.2 cm³/mol. The fourth-order valence-corrected chi connectivity index (χ4v) is 2.02. The van der Waals surface area contributed by atoms with Gasteiger partial charge in [-0.25, -0.2) is 0 Å². The zero-order valence-corrected chi connectivity index (χ0v) is 10.2. The molecule has 0 aliphatic carbocycles. The van der Waals surface area contributed by atoms with Crippen LogP contribution in [0.4, 0.5) is 0 Å². The summed E-state index contributed by atoms with van der Waals surface area (Å²) in [7, 11) is 1.31. The highest BCUT2D eigenvalue weighted by atomic mass is 32.1. The normalized spacial score (nSPS) is 9.88. The predicted octanol–water partition coefficient (Wildman–Crippen LogP) is 1.63. The zero-order valence-electron chi connectivity index (χ0n) is 9.41. The minimum atomic E-state index is -0.359. The first-order valence-corrected chi connectivity index (χ1v) is 5.88. The third-order valence-electron chi connectivity index (χ3n) is 2.20. The number of nitrogens with one attached hydrogen (secondary N) is 1. The van der Waals surface area contributed by atoms with Crippen LogP contribution in [-0.4, -0.2) is 19.0 Å². The molecule has 1 N–H and O–H groups in total. The Morgan fingerprint density at radius 3 is 2.75 bits per heavy atom. The molecule has 0 aromatic carbocycles. The molecule has 88 valence electrons. The topological polar surface area (TPSA) is 55.4 Å². The van der Waals surface area contributed by atoms with E-state index in [2.05, 4.69) is 10.1 Å². The van der Waals surface area contributed by atoms with Crippen molar-refractivity contribution in [1.82, 2.24) is 5.32 Å². The third kappa shape index (κ3) is 4.02. The smallest absolute Gasteiger partial charge is 0.306 e. The van der Waals surface area contributed by atoms with E-state index in [-0.39, 0.29) is 24.7 Å². The summed E-state index contributed by atoms with van der Waals surface area (Å²) < 4.78 is 4.45. The van der Waals surface area contributed by atoms with Gasteiger partial charge in [-0.3, -0.25) is 9.59 Å². The number of esters is 1. The zero-order chi connectivity index (χ0) is 12.0. The second-order valence-corrected chi connectivity index (χ2v) is 4.38. The number of aryl methyl sites for hydroxylation is 1. The fraction of sp³-hybridized carbons (Fsp3) is 0.455. The Hall–Kier alpha value is -1.36. The van der Waals surface area contributed by atoms with Crippen molar-refractivity contribution in [2.45, 2.75) is 26.3 Å². The third-order valence-corrected chi connectivity index (χ3v) is 3.22. The first kappa shape index (κ1) is 12.7. The van der Waals surface area contributed by atoms with Crippen LogP contribution < -0.4 is 5.32 Å². The van der Waals surface area contributed by atoms with Gasteiger partial charge in [0.2, 0.25) is 5.91 Å². The van der Waals surface area contributed by atoms with Crippen molar-refractivity contribution >= 4 is 23.2 Å². The molecule has 1 heterocycles. The molecule has 1 aromatic rings. The van der Waals surface area contributed by atoms with Gasteiger partial charge in [0.15, 0.2) is 0 Å². The lowest BCUT2D eigenvalue weighted by molar-refractivity contribution is -0.142. The highest BCUT2D eigenvalue weighted by Gasteiger charge is 2.07.